The van der Waals surface area contributed by atoms with Crippen molar-refractivity contribution < 1.29 is 9.59 Å². The zero-order valence-corrected chi connectivity index (χ0v) is 13.7. The quantitative estimate of drug-likeness (QED) is 0.854. The predicted molar refractivity (Wildman–Crippen MR) is 91.5 cm³/mol. The minimum absolute atomic E-state index is 0.0261. The van der Waals surface area contributed by atoms with E-state index in [0.717, 1.165) is 17.5 Å². The second kappa shape index (κ2) is 5.78. The van der Waals surface area contributed by atoms with Crippen LogP contribution in [0.3, 0.4) is 0 Å². The fraction of sp³-hybridized carbons (Fsp3) is 0.300. The molecular formula is C20H20N2O2. The molecule has 0 spiro atoms. The van der Waals surface area contributed by atoms with Gasteiger partial charge in [0.25, 0.3) is 5.91 Å². The number of carbonyl (C=O) groups excluding carboxylic acids is 2. The fourth-order valence-corrected chi connectivity index (χ4v) is 3.81. The first-order chi connectivity index (χ1) is 11.6. The number of rotatable bonds is 2. The van der Waals surface area contributed by atoms with Crippen LogP contribution in [0.2, 0.25) is 0 Å². The van der Waals surface area contributed by atoms with E-state index in [1.807, 2.05) is 41.3 Å². The Hall–Kier alpha value is -2.62. The molecule has 0 radical (unpaired) electrons. The summed E-state index contributed by atoms with van der Waals surface area (Å²) >= 11 is 0. The third kappa shape index (κ3) is 2.39. The molecule has 4 nitrogen and oxygen atoms in total. The van der Waals surface area contributed by atoms with Crippen molar-refractivity contribution in [3.8, 4) is 0 Å². The molecule has 0 N–H and O–H groups in total. The molecule has 0 saturated heterocycles. The molecule has 2 aromatic rings. The van der Waals surface area contributed by atoms with Crippen molar-refractivity contribution in [1.29, 1.82) is 0 Å². The first kappa shape index (κ1) is 14.9. The Morgan fingerprint density at radius 3 is 2.58 bits per heavy atom. The van der Waals surface area contributed by atoms with Crippen molar-refractivity contribution in [3.63, 3.8) is 0 Å². The summed E-state index contributed by atoms with van der Waals surface area (Å²) in [7, 11) is 0. The Morgan fingerprint density at radius 2 is 1.79 bits per heavy atom. The zero-order valence-electron chi connectivity index (χ0n) is 13.7. The Morgan fingerprint density at radius 1 is 1.08 bits per heavy atom. The number of nitrogens with zero attached hydrogens (tertiary/aromatic N) is 2. The predicted octanol–water partition coefficient (Wildman–Crippen LogP) is 2.79. The molecule has 0 aromatic heterocycles. The van der Waals surface area contributed by atoms with Crippen LogP contribution < -0.4 is 0 Å². The van der Waals surface area contributed by atoms with Crippen LogP contribution in [0.1, 0.15) is 40.0 Å². The molecule has 0 bridgehead atoms. The van der Waals surface area contributed by atoms with E-state index in [9.17, 15) is 9.59 Å². The smallest absolute Gasteiger partial charge is 0.254 e. The second-order valence-electron chi connectivity index (χ2n) is 6.53. The molecule has 4 rings (SSSR count). The summed E-state index contributed by atoms with van der Waals surface area (Å²) in [5, 5.41) is 0. The molecule has 0 aliphatic carbocycles. The Kier molecular flexibility index (Phi) is 3.60. The van der Waals surface area contributed by atoms with Crippen LogP contribution in [0.25, 0.3) is 0 Å². The number of fused-ring (bicyclic) bond motifs is 2. The van der Waals surface area contributed by atoms with Gasteiger partial charge in [0, 0.05) is 18.7 Å². The SMILES string of the molecule is CC1c2ccccc2CCN1C(=O)CN1Cc2ccccc2C1=O. The molecule has 24 heavy (non-hydrogen) atoms. The summed E-state index contributed by atoms with van der Waals surface area (Å²) in [6, 6.07) is 15.9. The Bertz CT molecular complexity index is 815. The molecule has 0 saturated carbocycles. The lowest BCUT2D eigenvalue weighted by Gasteiger charge is -2.36. The standard InChI is InChI=1S/C20H20N2O2/c1-14-17-8-4-2-6-15(17)10-11-22(14)19(23)13-21-12-16-7-3-5-9-18(16)20(21)24/h2-9,14H,10-13H2,1H3. The molecular weight excluding hydrogens is 300 g/mol. The van der Waals surface area contributed by atoms with Crippen LogP contribution in [0, 0.1) is 0 Å². The Labute approximate surface area is 141 Å². The van der Waals surface area contributed by atoms with Crippen molar-refractivity contribution >= 4 is 11.8 Å². The molecule has 2 amide bonds. The molecule has 122 valence electrons. The van der Waals surface area contributed by atoms with Crippen molar-refractivity contribution in [3.05, 3.63) is 70.8 Å². The highest BCUT2D eigenvalue weighted by Crippen LogP contribution is 2.30. The number of carbonyl (C=O) groups is 2. The molecule has 4 heteroatoms. The zero-order chi connectivity index (χ0) is 16.7. The summed E-state index contributed by atoms with van der Waals surface area (Å²) in [5.74, 6) is -0.0119. The van der Waals surface area contributed by atoms with E-state index < -0.39 is 0 Å². The maximum Gasteiger partial charge on any atom is 0.254 e. The van der Waals surface area contributed by atoms with Crippen LogP contribution in [0.4, 0.5) is 0 Å². The monoisotopic (exact) mass is 320 g/mol. The molecule has 2 aliphatic heterocycles. The van der Waals surface area contributed by atoms with Gasteiger partial charge in [0.1, 0.15) is 6.54 Å². The summed E-state index contributed by atoms with van der Waals surface area (Å²) in [5.41, 5.74) is 4.27. The van der Waals surface area contributed by atoms with Gasteiger partial charge < -0.3 is 9.80 Å². The topological polar surface area (TPSA) is 40.6 Å². The van der Waals surface area contributed by atoms with Gasteiger partial charge in [-0.05, 0) is 36.1 Å². The van der Waals surface area contributed by atoms with Gasteiger partial charge in [-0.25, -0.2) is 0 Å². The average molecular weight is 320 g/mol. The van der Waals surface area contributed by atoms with Crippen LogP contribution in [0.15, 0.2) is 48.5 Å². The van der Waals surface area contributed by atoms with Crippen LogP contribution >= 0.6 is 0 Å². The van der Waals surface area contributed by atoms with Gasteiger partial charge in [-0.2, -0.15) is 0 Å². The van der Waals surface area contributed by atoms with Gasteiger partial charge in [0.15, 0.2) is 0 Å². The average Bonchev–Trinajstić information content (AvgIpc) is 2.91. The van der Waals surface area contributed by atoms with Crippen molar-refractivity contribution in [1.82, 2.24) is 9.80 Å². The molecule has 1 unspecified atom stereocenters. The van der Waals surface area contributed by atoms with E-state index in [-0.39, 0.29) is 24.4 Å². The van der Waals surface area contributed by atoms with Gasteiger partial charge >= 0.3 is 0 Å². The fourth-order valence-electron chi connectivity index (χ4n) is 3.81. The highest BCUT2D eigenvalue weighted by atomic mass is 16.2. The number of hydrogen-bond donors (Lipinski definition) is 0. The molecule has 2 heterocycles. The summed E-state index contributed by atoms with van der Waals surface area (Å²) in [4.78, 5) is 28.8. The lowest BCUT2D eigenvalue weighted by atomic mass is 9.93. The van der Waals surface area contributed by atoms with Crippen molar-refractivity contribution in [2.45, 2.75) is 25.9 Å². The van der Waals surface area contributed by atoms with E-state index >= 15 is 0 Å². The van der Waals surface area contributed by atoms with Crippen LogP contribution in [-0.2, 0) is 17.8 Å². The summed E-state index contributed by atoms with van der Waals surface area (Å²) in [6.45, 7) is 3.46. The lowest BCUT2D eigenvalue weighted by Crippen LogP contribution is -2.44. The van der Waals surface area contributed by atoms with Gasteiger partial charge in [-0.1, -0.05) is 42.5 Å². The van der Waals surface area contributed by atoms with E-state index in [2.05, 4.69) is 19.1 Å². The largest absolute Gasteiger partial charge is 0.334 e. The second-order valence-corrected chi connectivity index (χ2v) is 6.53. The third-order valence-electron chi connectivity index (χ3n) is 5.14. The number of hydrogen-bond acceptors (Lipinski definition) is 2. The Balaban J connectivity index is 1.49. The van der Waals surface area contributed by atoms with Crippen LogP contribution in [-0.4, -0.2) is 34.7 Å². The molecule has 2 aromatic carbocycles. The van der Waals surface area contributed by atoms with Crippen LogP contribution in [0.5, 0.6) is 0 Å². The van der Waals surface area contributed by atoms with E-state index in [0.29, 0.717) is 13.1 Å². The minimum atomic E-state index is -0.0380. The van der Waals surface area contributed by atoms with Gasteiger partial charge in [-0.15, -0.1) is 0 Å². The lowest BCUT2D eigenvalue weighted by molar-refractivity contribution is -0.134. The highest BCUT2D eigenvalue weighted by Gasteiger charge is 2.32. The van der Waals surface area contributed by atoms with Gasteiger partial charge in [-0.3, -0.25) is 9.59 Å². The van der Waals surface area contributed by atoms with Gasteiger partial charge in [0.2, 0.25) is 5.91 Å². The summed E-state index contributed by atoms with van der Waals surface area (Å²) < 4.78 is 0. The molecule has 1 atom stereocenters. The van der Waals surface area contributed by atoms with Crippen molar-refractivity contribution in [2.24, 2.45) is 0 Å². The third-order valence-corrected chi connectivity index (χ3v) is 5.14. The van der Waals surface area contributed by atoms with E-state index in [1.54, 1.807) is 4.90 Å². The van der Waals surface area contributed by atoms with Gasteiger partial charge in [0.05, 0.1) is 6.04 Å². The number of amides is 2. The molecule has 0 fully saturated rings. The van der Waals surface area contributed by atoms with E-state index in [4.69, 9.17) is 0 Å². The van der Waals surface area contributed by atoms with E-state index in [1.165, 1.54) is 11.1 Å². The highest BCUT2D eigenvalue weighted by molar-refractivity contribution is 6.00. The minimum Gasteiger partial charge on any atom is -0.334 e. The maximum absolute atomic E-state index is 12.8. The van der Waals surface area contributed by atoms with Crippen molar-refractivity contribution in [2.75, 3.05) is 13.1 Å². The molecule has 2 aliphatic rings. The normalized spacial score (nSPS) is 19.2. The first-order valence-corrected chi connectivity index (χ1v) is 8.39. The first-order valence-electron chi connectivity index (χ1n) is 8.39. The number of benzene rings is 2. The maximum atomic E-state index is 12.8. The summed E-state index contributed by atoms with van der Waals surface area (Å²) in [6.07, 6.45) is 0.875.